The van der Waals surface area contributed by atoms with Crippen molar-refractivity contribution in [2.75, 3.05) is 4.90 Å². The zero-order valence-electron chi connectivity index (χ0n) is 33.9. The van der Waals surface area contributed by atoms with Crippen LogP contribution in [0, 0.1) is 0 Å². The Morgan fingerprint density at radius 3 is 1.56 bits per heavy atom. The summed E-state index contributed by atoms with van der Waals surface area (Å²) in [6.07, 6.45) is 0. The van der Waals surface area contributed by atoms with E-state index in [1.807, 2.05) is 72.0 Å². The minimum atomic E-state index is 0.617. The number of nitrogens with zero attached hydrogens (tertiary/aromatic N) is 4. The summed E-state index contributed by atoms with van der Waals surface area (Å²) >= 11 is 1.83. The van der Waals surface area contributed by atoms with Gasteiger partial charge in [0.25, 0.3) is 0 Å². The molecule has 0 atom stereocenters. The number of rotatable bonds is 8. The van der Waals surface area contributed by atoms with Crippen LogP contribution < -0.4 is 4.90 Å². The Bertz CT molecular complexity index is 3550. The number of furan rings is 1. The van der Waals surface area contributed by atoms with Crippen LogP contribution in [0.3, 0.4) is 0 Å². The predicted molar refractivity (Wildman–Crippen MR) is 262 cm³/mol. The lowest BCUT2D eigenvalue weighted by atomic mass is 10.00. The van der Waals surface area contributed by atoms with E-state index in [9.17, 15) is 0 Å². The minimum Gasteiger partial charge on any atom is -0.455 e. The molecule has 3 aromatic heterocycles. The zero-order chi connectivity index (χ0) is 41.7. The number of hydrogen-bond donors (Lipinski definition) is 0. The fraction of sp³-hybridized carbons (Fsp3) is 0. The van der Waals surface area contributed by atoms with Crippen LogP contribution >= 0.6 is 11.3 Å². The summed E-state index contributed by atoms with van der Waals surface area (Å²) in [7, 11) is 0. The lowest BCUT2D eigenvalue weighted by molar-refractivity contribution is 0.670. The van der Waals surface area contributed by atoms with Crippen LogP contribution in [-0.4, -0.2) is 15.0 Å². The second-order valence-corrected chi connectivity index (χ2v) is 16.7. The lowest BCUT2D eigenvalue weighted by Crippen LogP contribution is -2.10. The molecule has 0 bridgehead atoms. The molecule has 3 heterocycles. The minimum absolute atomic E-state index is 0.617. The van der Waals surface area contributed by atoms with Gasteiger partial charge in [0.15, 0.2) is 17.5 Å². The molecule has 0 aliphatic heterocycles. The smallest absolute Gasteiger partial charge is 0.164 e. The van der Waals surface area contributed by atoms with Gasteiger partial charge in [-0.25, -0.2) is 15.0 Å². The Kier molecular flexibility index (Phi) is 8.94. The van der Waals surface area contributed by atoms with Crippen molar-refractivity contribution in [3.8, 4) is 56.4 Å². The average Bonchev–Trinajstić information content (AvgIpc) is 3.94. The van der Waals surface area contributed by atoms with Crippen molar-refractivity contribution >= 4 is 70.5 Å². The summed E-state index contributed by atoms with van der Waals surface area (Å²) in [6, 6.07) is 76.3. The van der Waals surface area contributed by atoms with Gasteiger partial charge in [0.2, 0.25) is 0 Å². The highest BCUT2D eigenvalue weighted by molar-refractivity contribution is 7.25. The molecule has 9 aromatic carbocycles. The molecule has 5 nitrogen and oxygen atoms in total. The molecule has 0 spiro atoms. The van der Waals surface area contributed by atoms with Crippen molar-refractivity contribution in [3.63, 3.8) is 0 Å². The van der Waals surface area contributed by atoms with Gasteiger partial charge in [-0.05, 0) is 65.2 Å². The standard InChI is InChI=1S/C57H36N4OS/c1-4-14-37(15-5-1)38-30-32-43(33-31-38)61(44-34-35-52-48(36-44)46-20-10-11-25-51(46)63-52)49-23-13-24-50-53(49)47-22-12-21-45(54(47)62-50)39-26-28-42(29-27-39)57-59-55(40-16-6-2-7-17-40)58-56(60-57)41-18-8-3-9-19-41/h1-36H. The topological polar surface area (TPSA) is 55.1 Å². The largest absolute Gasteiger partial charge is 0.455 e. The number of anilines is 3. The first-order valence-corrected chi connectivity index (χ1v) is 21.8. The Labute approximate surface area is 367 Å². The van der Waals surface area contributed by atoms with Crippen LogP contribution in [0.5, 0.6) is 0 Å². The number of aromatic nitrogens is 3. The third kappa shape index (κ3) is 6.61. The van der Waals surface area contributed by atoms with Gasteiger partial charge < -0.3 is 9.32 Å². The van der Waals surface area contributed by atoms with E-state index in [1.54, 1.807) is 0 Å². The average molecular weight is 825 g/mol. The van der Waals surface area contributed by atoms with Crippen molar-refractivity contribution in [3.05, 3.63) is 218 Å². The van der Waals surface area contributed by atoms with Gasteiger partial charge in [0, 0.05) is 59.2 Å². The third-order valence-corrected chi connectivity index (χ3v) is 12.9. The molecule has 0 aliphatic carbocycles. The van der Waals surface area contributed by atoms with E-state index >= 15 is 0 Å². The Morgan fingerprint density at radius 2 is 0.873 bits per heavy atom. The van der Waals surface area contributed by atoms with E-state index in [0.717, 1.165) is 66.8 Å². The summed E-state index contributed by atoms with van der Waals surface area (Å²) in [4.78, 5) is 17.2. The maximum atomic E-state index is 6.88. The quantitative estimate of drug-likeness (QED) is 0.153. The summed E-state index contributed by atoms with van der Waals surface area (Å²) in [5.41, 5.74) is 12.0. The van der Waals surface area contributed by atoms with Crippen molar-refractivity contribution in [2.24, 2.45) is 0 Å². The van der Waals surface area contributed by atoms with Crippen LogP contribution in [0.4, 0.5) is 17.1 Å². The molecule has 12 aromatic rings. The maximum absolute atomic E-state index is 6.88. The highest BCUT2D eigenvalue weighted by atomic mass is 32.1. The highest BCUT2D eigenvalue weighted by Gasteiger charge is 2.22. The van der Waals surface area contributed by atoms with Crippen LogP contribution in [0.15, 0.2) is 223 Å². The maximum Gasteiger partial charge on any atom is 0.164 e. The van der Waals surface area contributed by atoms with Gasteiger partial charge in [-0.3, -0.25) is 0 Å². The monoisotopic (exact) mass is 824 g/mol. The predicted octanol–water partition coefficient (Wildman–Crippen LogP) is 15.9. The number of benzene rings is 9. The van der Waals surface area contributed by atoms with Gasteiger partial charge in [0.05, 0.1) is 11.1 Å². The number of fused-ring (bicyclic) bond motifs is 6. The molecular weight excluding hydrogens is 789 g/mol. The van der Waals surface area contributed by atoms with Crippen LogP contribution in [0.25, 0.3) is 98.5 Å². The molecule has 0 fully saturated rings. The van der Waals surface area contributed by atoms with E-state index < -0.39 is 0 Å². The van der Waals surface area contributed by atoms with Crippen molar-refractivity contribution in [1.29, 1.82) is 0 Å². The van der Waals surface area contributed by atoms with Gasteiger partial charge in [-0.1, -0.05) is 170 Å². The molecule has 0 saturated carbocycles. The van der Waals surface area contributed by atoms with E-state index in [0.29, 0.717) is 17.5 Å². The van der Waals surface area contributed by atoms with Crippen LogP contribution in [-0.2, 0) is 0 Å². The number of thiophene rings is 1. The van der Waals surface area contributed by atoms with Crippen molar-refractivity contribution in [1.82, 2.24) is 15.0 Å². The molecule has 63 heavy (non-hydrogen) atoms. The molecule has 296 valence electrons. The molecule has 0 saturated heterocycles. The SMILES string of the molecule is c1ccc(-c2ccc(N(c3ccc4sc5ccccc5c4c3)c3cccc4oc5c(-c6ccc(-c7nc(-c8ccccc8)nc(-c8ccccc8)n7)cc6)cccc5c34)cc2)cc1. The molecule has 0 aliphatic rings. The molecule has 0 radical (unpaired) electrons. The summed E-state index contributed by atoms with van der Waals surface area (Å²) in [5, 5.41) is 4.62. The normalized spacial score (nSPS) is 11.5. The van der Waals surface area contributed by atoms with E-state index in [1.165, 1.54) is 31.3 Å². The molecule has 6 heteroatoms. The first-order valence-electron chi connectivity index (χ1n) is 21.0. The second kappa shape index (κ2) is 15.4. The fourth-order valence-corrected chi connectivity index (χ4v) is 9.78. The van der Waals surface area contributed by atoms with Crippen molar-refractivity contribution in [2.45, 2.75) is 0 Å². The first-order chi connectivity index (χ1) is 31.2. The van der Waals surface area contributed by atoms with Crippen LogP contribution in [0.1, 0.15) is 0 Å². The third-order valence-electron chi connectivity index (χ3n) is 11.7. The van der Waals surface area contributed by atoms with E-state index in [4.69, 9.17) is 19.4 Å². The Morgan fingerprint density at radius 1 is 0.365 bits per heavy atom. The molecule has 0 N–H and O–H groups in total. The number of para-hydroxylation sites is 1. The Hall–Kier alpha value is -8.19. The summed E-state index contributed by atoms with van der Waals surface area (Å²) in [6.45, 7) is 0. The second-order valence-electron chi connectivity index (χ2n) is 15.6. The Balaban J connectivity index is 0.978. The molecule has 0 amide bonds. The van der Waals surface area contributed by atoms with Crippen molar-refractivity contribution < 1.29 is 4.42 Å². The van der Waals surface area contributed by atoms with Gasteiger partial charge in [-0.2, -0.15) is 0 Å². The summed E-state index contributed by atoms with van der Waals surface area (Å²) in [5.74, 6) is 1.89. The summed E-state index contributed by atoms with van der Waals surface area (Å²) < 4.78 is 9.43. The lowest BCUT2D eigenvalue weighted by Gasteiger charge is -2.26. The molecule has 0 unspecified atom stereocenters. The molecular formula is C57H36N4OS. The van der Waals surface area contributed by atoms with Gasteiger partial charge >= 0.3 is 0 Å². The molecule has 12 rings (SSSR count). The first kappa shape index (κ1) is 36.6. The van der Waals surface area contributed by atoms with E-state index in [-0.39, 0.29) is 0 Å². The zero-order valence-corrected chi connectivity index (χ0v) is 34.7. The number of hydrogen-bond acceptors (Lipinski definition) is 6. The van der Waals surface area contributed by atoms with Gasteiger partial charge in [0.1, 0.15) is 11.2 Å². The highest BCUT2D eigenvalue weighted by Crippen LogP contribution is 2.46. The van der Waals surface area contributed by atoms with E-state index in [2.05, 4.69) is 163 Å². The van der Waals surface area contributed by atoms with Crippen LogP contribution in [0.2, 0.25) is 0 Å². The van der Waals surface area contributed by atoms with Gasteiger partial charge in [-0.15, -0.1) is 11.3 Å². The fourth-order valence-electron chi connectivity index (χ4n) is 8.69.